The van der Waals surface area contributed by atoms with Crippen LogP contribution in [-0.4, -0.2) is 25.5 Å². The van der Waals surface area contributed by atoms with Gasteiger partial charge in [-0.25, -0.2) is 22.4 Å². The van der Waals surface area contributed by atoms with E-state index in [4.69, 9.17) is 9.47 Å². The van der Waals surface area contributed by atoms with E-state index in [0.29, 0.717) is 13.2 Å². The van der Waals surface area contributed by atoms with Crippen LogP contribution in [0.1, 0.15) is 48.4 Å². The van der Waals surface area contributed by atoms with Crippen LogP contribution in [0.3, 0.4) is 0 Å². The molecule has 0 N–H and O–H groups in total. The summed E-state index contributed by atoms with van der Waals surface area (Å²) in [6, 6.07) is 1.98. The number of unbranched alkanes of at least 4 members (excludes halogenated alkanes) is 1. The summed E-state index contributed by atoms with van der Waals surface area (Å²) in [5.74, 6) is -10.7. The normalized spacial score (nSPS) is 18.6. The van der Waals surface area contributed by atoms with Crippen LogP contribution < -0.4 is 9.47 Å². The van der Waals surface area contributed by atoms with Crippen LogP contribution in [-0.2, 0) is 9.47 Å². The molecule has 5 nitrogen and oxygen atoms in total. The van der Waals surface area contributed by atoms with Crippen molar-refractivity contribution in [1.29, 1.82) is 0 Å². The summed E-state index contributed by atoms with van der Waals surface area (Å²) in [5.41, 5.74) is -1.22. The highest BCUT2D eigenvalue weighted by molar-refractivity contribution is 5.91. The quantitative estimate of drug-likeness (QED) is 0.259. The lowest BCUT2D eigenvalue weighted by Crippen LogP contribution is -2.27. The lowest BCUT2D eigenvalue weighted by molar-refractivity contribution is -0.276. The highest BCUT2D eigenvalue weighted by Gasteiger charge is 2.34. The van der Waals surface area contributed by atoms with Crippen LogP contribution in [0.2, 0.25) is 0 Å². The van der Waals surface area contributed by atoms with E-state index < -0.39 is 59.0 Å². The topological polar surface area (TPSA) is 54.0 Å². The van der Waals surface area contributed by atoms with E-state index in [1.54, 1.807) is 0 Å². The first kappa shape index (κ1) is 25.8. The van der Waals surface area contributed by atoms with Crippen molar-refractivity contribution in [3.05, 3.63) is 58.7 Å². The number of ether oxygens (including phenoxy) is 4. The van der Waals surface area contributed by atoms with Gasteiger partial charge in [0.2, 0.25) is 5.75 Å². The second-order valence-corrected chi connectivity index (χ2v) is 7.52. The van der Waals surface area contributed by atoms with Crippen molar-refractivity contribution in [2.45, 2.75) is 38.8 Å². The summed E-state index contributed by atoms with van der Waals surface area (Å²) in [6.45, 7) is 2.68. The van der Waals surface area contributed by atoms with Crippen molar-refractivity contribution in [2.24, 2.45) is 5.92 Å². The molecule has 186 valence electrons. The second-order valence-electron chi connectivity index (χ2n) is 7.52. The number of alkyl halides is 3. The summed E-state index contributed by atoms with van der Waals surface area (Å²) in [6.07, 6.45) is -3.58. The number of rotatable bonds is 7. The molecule has 0 atom stereocenters. The monoisotopic (exact) mass is 496 g/mol. The van der Waals surface area contributed by atoms with E-state index in [-0.39, 0.29) is 23.6 Å². The molecule has 0 spiro atoms. The molecule has 2 aromatic rings. The molecule has 1 heterocycles. The first-order valence-electron chi connectivity index (χ1n) is 10.2. The standard InChI is InChI=1S/C22H19F7O5/c1-2-3-4-11-9-31-21(32-10-11)12-5-14(23)18(15(24)6-12)20(30)33-13-7-16(25)19(17(26)8-13)34-22(27,28)29/h5-8,11,21H,2-4,9-10H2,1H3. The number of halogens is 7. The van der Waals surface area contributed by atoms with Crippen LogP contribution in [0.25, 0.3) is 0 Å². The number of esters is 1. The molecule has 0 saturated carbocycles. The number of hydrogen-bond acceptors (Lipinski definition) is 5. The van der Waals surface area contributed by atoms with Gasteiger partial charge in [0.1, 0.15) is 22.9 Å². The Balaban J connectivity index is 1.73. The van der Waals surface area contributed by atoms with Crippen molar-refractivity contribution in [3.8, 4) is 11.5 Å². The Morgan fingerprint density at radius 3 is 2.03 bits per heavy atom. The zero-order valence-corrected chi connectivity index (χ0v) is 17.7. The van der Waals surface area contributed by atoms with Crippen molar-refractivity contribution in [2.75, 3.05) is 13.2 Å². The Bertz CT molecular complexity index is 987. The van der Waals surface area contributed by atoms with Gasteiger partial charge in [0.15, 0.2) is 17.9 Å². The molecule has 1 saturated heterocycles. The van der Waals surface area contributed by atoms with Gasteiger partial charge in [0.25, 0.3) is 0 Å². The summed E-state index contributed by atoms with van der Waals surface area (Å²) >= 11 is 0. The Morgan fingerprint density at radius 1 is 0.971 bits per heavy atom. The predicted molar refractivity (Wildman–Crippen MR) is 102 cm³/mol. The molecule has 34 heavy (non-hydrogen) atoms. The zero-order valence-electron chi connectivity index (χ0n) is 17.7. The predicted octanol–water partition coefficient (Wildman–Crippen LogP) is 6.21. The molecular formula is C22H19F7O5. The van der Waals surface area contributed by atoms with Crippen molar-refractivity contribution < 1.29 is 54.5 Å². The summed E-state index contributed by atoms with van der Waals surface area (Å²) < 4.78 is 112. The Morgan fingerprint density at radius 2 is 1.53 bits per heavy atom. The molecule has 0 amide bonds. The van der Waals surface area contributed by atoms with Crippen LogP contribution in [0.4, 0.5) is 30.7 Å². The minimum Gasteiger partial charge on any atom is -0.423 e. The molecule has 0 aromatic heterocycles. The van der Waals surface area contributed by atoms with Gasteiger partial charge >= 0.3 is 12.3 Å². The number of carbonyl (C=O) groups excluding carboxylic acids is 1. The molecule has 2 aromatic carbocycles. The van der Waals surface area contributed by atoms with Crippen LogP contribution >= 0.6 is 0 Å². The maximum atomic E-state index is 14.5. The van der Waals surface area contributed by atoms with Gasteiger partial charge in [0, 0.05) is 23.6 Å². The van der Waals surface area contributed by atoms with Gasteiger partial charge in [0.05, 0.1) is 13.2 Å². The molecule has 12 heteroatoms. The molecule has 0 radical (unpaired) electrons. The number of hydrogen-bond donors (Lipinski definition) is 0. The minimum atomic E-state index is -5.38. The van der Waals surface area contributed by atoms with Gasteiger partial charge in [-0.15, -0.1) is 13.2 Å². The maximum Gasteiger partial charge on any atom is 0.573 e. The smallest absolute Gasteiger partial charge is 0.423 e. The number of benzene rings is 2. The molecule has 0 aliphatic carbocycles. The minimum absolute atomic E-state index is 0.0359. The fourth-order valence-corrected chi connectivity index (χ4v) is 3.29. The maximum absolute atomic E-state index is 14.5. The average Bonchev–Trinajstić information content (AvgIpc) is 2.74. The Labute approximate surface area is 189 Å². The van der Waals surface area contributed by atoms with Gasteiger partial charge in [-0.1, -0.05) is 19.8 Å². The molecule has 3 rings (SSSR count). The third kappa shape index (κ3) is 6.38. The van der Waals surface area contributed by atoms with Gasteiger partial charge in [-0.2, -0.15) is 0 Å². The highest BCUT2D eigenvalue weighted by atomic mass is 19.4. The SMILES string of the molecule is CCCCC1COC(c2cc(F)c(C(=O)Oc3cc(F)c(OC(F)(F)F)c(F)c3)c(F)c2)OC1. The Kier molecular flexibility index (Phi) is 8.03. The lowest BCUT2D eigenvalue weighted by atomic mass is 10.0. The fraction of sp³-hybridized carbons (Fsp3) is 0.409. The summed E-state index contributed by atoms with van der Waals surface area (Å²) in [5, 5.41) is 0. The second kappa shape index (κ2) is 10.6. The number of carbonyl (C=O) groups is 1. The van der Waals surface area contributed by atoms with E-state index in [0.717, 1.165) is 31.4 Å². The van der Waals surface area contributed by atoms with Gasteiger partial charge < -0.3 is 18.9 Å². The summed E-state index contributed by atoms with van der Waals surface area (Å²) in [4.78, 5) is 12.2. The Hall–Kier alpha value is -2.86. The van der Waals surface area contributed by atoms with Crippen LogP contribution in [0.5, 0.6) is 11.5 Å². The third-order valence-corrected chi connectivity index (χ3v) is 4.87. The van der Waals surface area contributed by atoms with Gasteiger partial charge in [-0.05, 0) is 18.6 Å². The van der Waals surface area contributed by atoms with Crippen LogP contribution in [0.15, 0.2) is 24.3 Å². The molecule has 1 aliphatic rings. The first-order chi connectivity index (χ1) is 16.0. The molecule has 1 fully saturated rings. The van der Waals surface area contributed by atoms with Gasteiger partial charge in [-0.3, -0.25) is 0 Å². The van der Waals surface area contributed by atoms with E-state index in [2.05, 4.69) is 9.47 Å². The van der Waals surface area contributed by atoms with E-state index in [9.17, 15) is 35.5 Å². The van der Waals surface area contributed by atoms with Crippen LogP contribution in [0, 0.1) is 29.2 Å². The zero-order chi connectivity index (χ0) is 25.0. The highest BCUT2D eigenvalue weighted by Crippen LogP contribution is 2.33. The average molecular weight is 496 g/mol. The largest absolute Gasteiger partial charge is 0.573 e. The van der Waals surface area contributed by atoms with E-state index in [1.165, 1.54) is 0 Å². The van der Waals surface area contributed by atoms with Crippen molar-refractivity contribution >= 4 is 5.97 Å². The lowest BCUT2D eigenvalue weighted by Gasteiger charge is -2.29. The third-order valence-electron chi connectivity index (χ3n) is 4.87. The molecule has 0 unspecified atom stereocenters. The van der Waals surface area contributed by atoms with E-state index in [1.807, 2.05) is 6.92 Å². The first-order valence-corrected chi connectivity index (χ1v) is 10.2. The summed E-state index contributed by atoms with van der Waals surface area (Å²) in [7, 11) is 0. The molecule has 1 aliphatic heterocycles. The fourth-order valence-electron chi connectivity index (χ4n) is 3.29. The molecular weight excluding hydrogens is 477 g/mol. The van der Waals surface area contributed by atoms with Crippen molar-refractivity contribution in [1.82, 2.24) is 0 Å². The molecule has 0 bridgehead atoms. The van der Waals surface area contributed by atoms with E-state index >= 15 is 0 Å². The van der Waals surface area contributed by atoms with Crippen molar-refractivity contribution in [3.63, 3.8) is 0 Å².